The lowest BCUT2D eigenvalue weighted by molar-refractivity contribution is 0.567. The zero-order chi connectivity index (χ0) is 81.0. The predicted octanol–water partition coefficient (Wildman–Crippen LogP) is 28.4. The number of para-hydroxylation sites is 2. The molecule has 0 spiro atoms. The second kappa shape index (κ2) is 26.0. The number of hydrogen-bond donors (Lipinski definition) is 0. The van der Waals surface area contributed by atoms with Gasteiger partial charge >= 0.3 is 0 Å². The number of benzene rings is 11. The first-order chi connectivity index (χ1) is 51.8. The number of aromatic nitrogens is 2. The largest absolute Gasteiger partial charge is 0.311 e. The van der Waals surface area contributed by atoms with Crippen LogP contribution in [0, 0.1) is 0 Å². The average Bonchev–Trinajstić information content (AvgIpc) is 0.764. The van der Waals surface area contributed by atoms with Gasteiger partial charge in [0.05, 0.1) is 27.8 Å². The molecule has 2 aliphatic rings. The molecule has 4 heterocycles. The summed E-state index contributed by atoms with van der Waals surface area (Å²) < 4.78 is 5.11. The van der Waals surface area contributed by atoms with Crippen LogP contribution in [-0.2, 0) is 54.1 Å². The summed E-state index contributed by atoms with van der Waals surface area (Å²) in [6.07, 6.45) is 0. The Hall–Kier alpha value is -9.52. The van der Waals surface area contributed by atoms with Crippen LogP contribution in [0.1, 0.15) is 263 Å². The van der Waals surface area contributed by atoms with Crippen LogP contribution in [0.5, 0.6) is 0 Å². The summed E-state index contributed by atoms with van der Waals surface area (Å²) in [6.45, 7) is 71.2. The van der Waals surface area contributed by atoms with Crippen LogP contribution in [0.25, 0.3) is 55.0 Å². The van der Waals surface area contributed by atoms with Crippen molar-refractivity contribution in [3.8, 4) is 11.4 Å². The standard InChI is InChI=1S/C106H124BN5/c1-97(2,3)65-39-45-90-84(59-65)85-60-66(98(4,5)6)40-46-91(85)110(90)76-42-44-87-93(62-76)112(80-57-73(105(25,26)27)50-74(58-80)106(28,29)30)95-64-81(108(77-51-67(99(7,8)9)47-68(52-77)100(10,11)12)78-53-69(101(13,14)15)48-70(54-78)102(16,17)18)63-94-96(95)107(87)86-43-41-75(109-88-37-33-31-35-82(88)83-36-32-34-38-89(83)109)61-92(86)111(94)79-55-71(103(19,20)21)49-72(56-79)104(22,23)24/h31-64H,1-30H3. The molecule has 13 aromatic rings. The molecule has 0 aliphatic carbocycles. The maximum atomic E-state index is 2.74. The van der Waals surface area contributed by atoms with Crippen molar-refractivity contribution < 1.29 is 0 Å². The van der Waals surface area contributed by atoms with Gasteiger partial charge in [0.1, 0.15) is 0 Å². The molecule has 0 saturated heterocycles. The van der Waals surface area contributed by atoms with Crippen molar-refractivity contribution in [1.82, 2.24) is 9.13 Å². The van der Waals surface area contributed by atoms with Gasteiger partial charge in [-0.25, -0.2) is 0 Å². The van der Waals surface area contributed by atoms with Crippen molar-refractivity contribution >= 4 is 118 Å². The highest BCUT2D eigenvalue weighted by molar-refractivity contribution is 7.00. The third kappa shape index (κ3) is 13.8. The normalized spacial score (nSPS) is 14.1. The van der Waals surface area contributed by atoms with E-state index in [9.17, 15) is 0 Å². The lowest BCUT2D eigenvalue weighted by Gasteiger charge is -2.46. The topological polar surface area (TPSA) is 19.6 Å². The Balaban J connectivity index is 1.17. The molecule has 0 fully saturated rings. The van der Waals surface area contributed by atoms with Crippen molar-refractivity contribution in [3.63, 3.8) is 0 Å². The molecule has 2 aromatic heterocycles. The fraction of sp³-hybridized carbons (Fsp3) is 0.377. The third-order valence-electron chi connectivity index (χ3n) is 24.5. The molecule has 0 radical (unpaired) electrons. The van der Waals surface area contributed by atoms with E-state index in [2.05, 4.69) is 438 Å². The van der Waals surface area contributed by atoms with Crippen LogP contribution in [-0.4, -0.2) is 15.8 Å². The van der Waals surface area contributed by atoms with E-state index in [-0.39, 0.29) is 60.9 Å². The number of nitrogens with zero attached hydrogens (tertiary/aromatic N) is 5. The van der Waals surface area contributed by atoms with Gasteiger partial charge in [0, 0.05) is 78.4 Å². The monoisotopic (exact) mass is 1480 g/mol. The maximum absolute atomic E-state index is 2.74. The summed E-state index contributed by atoms with van der Waals surface area (Å²) in [5.41, 5.74) is 32.5. The Morgan fingerprint density at radius 2 is 0.482 bits per heavy atom. The molecule has 6 heteroatoms. The second-order valence-corrected chi connectivity index (χ2v) is 43.6. The summed E-state index contributed by atoms with van der Waals surface area (Å²) in [5, 5.41) is 5.03. The fourth-order valence-electron chi connectivity index (χ4n) is 17.2. The molecule has 2 aliphatic heterocycles. The van der Waals surface area contributed by atoms with Crippen molar-refractivity contribution in [2.24, 2.45) is 0 Å². The predicted molar refractivity (Wildman–Crippen MR) is 491 cm³/mol. The minimum absolute atomic E-state index is 0.0559. The van der Waals surface area contributed by atoms with Gasteiger partial charge < -0.3 is 23.8 Å². The van der Waals surface area contributed by atoms with E-state index >= 15 is 0 Å². The number of hydrogen-bond acceptors (Lipinski definition) is 3. The van der Waals surface area contributed by atoms with Crippen LogP contribution in [0.2, 0.25) is 0 Å². The van der Waals surface area contributed by atoms with Crippen molar-refractivity contribution in [3.05, 3.63) is 262 Å². The molecule has 0 atom stereocenters. The Labute approximate surface area is 672 Å². The van der Waals surface area contributed by atoms with Crippen LogP contribution in [0.4, 0.5) is 51.2 Å². The average molecular weight is 1480 g/mol. The van der Waals surface area contributed by atoms with E-state index in [0.717, 1.165) is 62.6 Å². The summed E-state index contributed by atoms with van der Waals surface area (Å²) >= 11 is 0. The van der Waals surface area contributed by atoms with E-state index in [0.29, 0.717) is 0 Å². The highest BCUT2D eigenvalue weighted by Gasteiger charge is 2.46. The first kappa shape index (κ1) is 77.8. The number of fused-ring (bicyclic) bond motifs is 10. The van der Waals surface area contributed by atoms with Crippen molar-refractivity contribution in [2.45, 2.75) is 262 Å². The summed E-state index contributed by atoms with van der Waals surface area (Å²) in [7, 11) is 0. The van der Waals surface area contributed by atoms with E-state index in [1.165, 1.54) is 116 Å². The van der Waals surface area contributed by atoms with Crippen LogP contribution < -0.4 is 31.1 Å². The number of anilines is 9. The molecule has 5 nitrogen and oxygen atoms in total. The molecule has 11 aromatic carbocycles. The molecule has 112 heavy (non-hydrogen) atoms. The number of rotatable bonds is 7. The SMILES string of the molecule is CC(C)(C)c1cc(N(c2cc(C(C)(C)C)cc(C(C)(C)C)c2)c2cc3c4c(c2)N(c2cc(C(C)(C)C)cc(C(C)(C)C)c2)c2cc(-n5c6ccc(C(C)(C)C)cc6c6cc(C(C)(C)C)ccc65)ccc2B4c2ccc(-n4c5ccccc5c5ccccc54)cc2N3c2cc(C(C)(C)C)cc(C(C)(C)C)c2)cc(C(C)(C)C)c1. The Morgan fingerprint density at radius 1 is 0.214 bits per heavy atom. The maximum Gasteiger partial charge on any atom is 0.252 e. The quantitative estimate of drug-likeness (QED) is 0.148. The van der Waals surface area contributed by atoms with Crippen LogP contribution in [0.15, 0.2) is 206 Å². The van der Waals surface area contributed by atoms with E-state index in [1.54, 1.807) is 0 Å². The van der Waals surface area contributed by atoms with Gasteiger partial charge in [-0.05, 0) is 248 Å². The zero-order valence-corrected chi connectivity index (χ0v) is 73.4. The van der Waals surface area contributed by atoms with E-state index in [4.69, 9.17) is 0 Å². The highest BCUT2D eigenvalue weighted by atomic mass is 15.2. The minimum Gasteiger partial charge on any atom is -0.311 e. The first-order valence-corrected chi connectivity index (χ1v) is 41.4. The summed E-state index contributed by atoms with van der Waals surface area (Å²) in [6, 6.07) is 83.2. The Morgan fingerprint density at radius 3 is 0.777 bits per heavy atom. The molecule has 15 rings (SSSR count). The fourth-order valence-corrected chi connectivity index (χ4v) is 17.2. The van der Waals surface area contributed by atoms with Crippen molar-refractivity contribution in [1.29, 1.82) is 0 Å². The summed E-state index contributed by atoms with van der Waals surface area (Å²) in [4.78, 5) is 8.15. The first-order valence-electron chi connectivity index (χ1n) is 41.4. The summed E-state index contributed by atoms with van der Waals surface area (Å²) in [5.74, 6) is 0. The van der Waals surface area contributed by atoms with Gasteiger partial charge in [-0.15, -0.1) is 0 Å². The Bertz CT molecular complexity index is 5600. The third-order valence-corrected chi connectivity index (χ3v) is 24.5. The zero-order valence-electron chi connectivity index (χ0n) is 73.4. The van der Waals surface area contributed by atoms with Crippen LogP contribution >= 0.6 is 0 Å². The lowest BCUT2D eigenvalue weighted by Crippen LogP contribution is -2.61. The second-order valence-electron chi connectivity index (χ2n) is 43.6. The lowest BCUT2D eigenvalue weighted by atomic mass is 9.33. The molecule has 0 amide bonds. The van der Waals surface area contributed by atoms with Crippen LogP contribution in [0.3, 0.4) is 0 Å². The van der Waals surface area contributed by atoms with Gasteiger partial charge in [-0.2, -0.15) is 0 Å². The molecule has 0 saturated carbocycles. The molecule has 576 valence electrons. The Kier molecular flexibility index (Phi) is 18.1. The van der Waals surface area contributed by atoms with Gasteiger partial charge in [-0.3, -0.25) is 0 Å². The van der Waals surface area contributed by atoms with Gasteiger partial charge in [-0.1, -0.05) is 293 Å². The molecular formula is C106H124BN5. The van der Waals surface area contributed by atoms with Gasteiger partial charge in [0.2, 0.25) is 0 Å². The smallest absolute Gasteiger partial charge is 0.252 e. The highest BCUT2D eigenvalue weighted by Crippen LogP contribution is 2.53. The molecular weight excluding hydrogens is 1350 g/mol. The molecule has 0 bridgehead atoms. The minimum atomic E-state index is -0.234. The van der Waals surface area contributed by atoms with E-state index in [1.807, 2.05) is 0 Å². The van der Waals surface area contributed by atoms with E-state index < -0.39 is 0 Å². The molecule has 0 N–H and O–H groups in total. The van der Waals surface area contributed by atoms with Gasteiger partial charge in [0.15, 0.2) is 0 Å². The molecule has 0 unspecified atom stereocenters. The van der Waals surface area contributed by atoms with Crippen molar-refractivity contribution in [2.75, 3.05) is 14.7 Å². The van der Waals surface area contributed by atoms with Gasteiger partial charge in [0.25, 0.3) is 6.71 Å².